The second kappa shape index (κ2) is 6.47. The van der Waals surface area contributed by atoms with Crippen LogP contribution in [-0.2, 0) is 4.79 Å². The number of rotatable bonds is 5. The highest BCUT2D eigenvalue weighted by atomic mass is 16.2. The fraction of sp³-hybridized carbons (Fsp3) is 0.364. The fourth-order valence-electron chi connectivity index (χ4n) is 1.19. The molecule has 0 radical (unpaired) electrons. The first-order valence-electron chi connectivity index (χ1n) is 5.30. The molecule has 1 aromatic rings. The van der Waals surface area contributed by atoms with E-state index in [-0.39, 0.29) is 18.2 Å². The second-order valence-electron chi connectivity index (χ2n) is 3.36. The zero-order valence-electron chi connectivity index (χ0n) is 9.91. The van der Waals surface area contributed by atoms with Crippen molar-refractivity contribution < 1.29 is 9.59 Å². The monoisotopic (exact) mass is 236 g/mol. The molecule has 0 unspecified atom stereocenters. The molecule has 0 aliphatic carbocycles. The number of carbonyl (C=O) groups excluding carboxylic acids is 2. The Balaban J connectivity index is 2.44. The Morgan fingerprint density at radius 1 is 1.29 bits per heavy atom. The number of aromatic nitrogens is 1. The number of hydrogen-bond donors (Lipinski definition) is 3. The summed E-state index contributed by atoms with van der Waals surface area (Å²) in [6.45, 7) is 0.312. The van der Waals surface area contributed by atoms with Crippen molar-refractivity contribution in [3.8, 4) is 0 Å². The molecule has 0 atom stereocenters. The van der Waals surface area contributed by atoms with E-state index in [4.69, 9.17) is 0 Å². The van der Waals surface area contributed by atoms with E-state index < -0.39 is 0 Å². The lowest BCUT2D eigenvalue weighted by molar-refractivity contribution is -0.120. The maximum Gasteiger partial charge on any atom is 0.252 e. The molecule has 0 bridgehead atoms. The van der Waals surface area contributed by atoms with Crippen molar-refractivity contribution in [2.75, 3.05) is 26.0 Å². The minimum absolute atomic E-state index is 0.103. The minimum Gasteiger partial charge on any atom is -0.373 e. The first-order valence-corrected chi connectivity index (χ1v) is 5.30. The Kier molecular flexibility index (Phi) is 4.93. The second-order valence-corrected chi connectivity index (χ2v) is 3.36. The molecule has 0 saturated carbocycles. The van der Waals surface area contributed by atoms with Crippen LogP contribution in [0, 0.1) is 0 Å². The zero-order valence-corrected chi connectivity index (χ0v) is 9.91. The molecule has 0 aliphatic heterocycles. The number of anilines is 1. The zero-order chi connectivity index (χ0) is 12.7. The van der Waals surface area contributed by atoms with Crippen molar-refractivity contribution in [3.05, 3.63) is 23.9 Å². The summed E-state index contributed by atoms with van der Waals surface area (Å²) in [5.41, 5.74) is 0.473. The van der Waals surface area contributed by atoms with Crippen LogP contribution < -0.4 is 16.0 Å². The van der Waals surface area contributed by atoms with E-state index in [9.17, 15) is 9.59 Å². The summed E-state index contributed by atoms with van der Waals surface area (Å²) in [6.07, 6.45) is 1.76. The lowest BCUT2D eigenvalue weighted by Gasteiger charge is -2.05. The van der Waals surface area contributed by atoms with Crippen molar-refractivity contribution in [2.24, 2.45) is 0 Å². The van der Waals surface area contributed by atoms with Gasteiger partial charge in [0.1, 0.15) is 5.82 Å². The Labute approximate surface area is 99.8 Å². The average Bonchev–Trinajstić information content (AvgIpc) is 2.38. The molecular formula is C11H16N4O2. The highest BCUT2D eigenvalue weighted by Gasteiger charge is 2.06. The highest BCUT2D eigenvalue weighted by molar-refractivity contribution is 5.94. The predicted molar refractivity (Wildman–Crippen MR) is 64.8 cm³/mol. The smallest absolute Gasteiger partial charge is 0.252 e. The van der Waals surface area contributed by atoms with Crippen LogP contribution in [0.1, 0.15) is 16.8 Å². The largest absolute Gasteiger partial charge is 0.373 e. The van der Waals surface area contributed by atoms with E-state index in [0.717, 1.165) is 0 Å². The third-order valence-corrected chi connectivity index (χ3v) is 2.20. The minimum atomic E-state index is -0.232. The van der Waals surface area contributed by atoms with Gasteiger partial charge in [-0.05, 0) is 12.1 Å². The lowest BCUT2D eigenvalue weighted by atomic mass is 10.2. The van der Waals surface area contributed by atoms with Crippen LogP contribution in [0.2, 0.25) is 0 Å². The number of amides is 2. The van der Waals surface area contributed by atoms with Crippen molar-refractivity contribution in [1.82, 2.24) is 15.6 Å². The summed E-state index contributed by atoms with van der Waals surface area (Å²) in [5.74, 6) is 0.366. The van der Waals surface area contributed by atoms with Gasteiger partial charge < -0.3 is 16.0 Å². The standard InChI is InChI=1S/C11H16N4O2/c1-12-9-4-3-8(7-15-9)11(17)14-6-5-10(16)13-2/h3-4,7H,5-6H2,1-2H3,(H,12,15)(H,13,16)(H,14,17). The summed E-state index contributed by atoms with van der Waals surface area (Å²) in [7, 11) is 3.32. The van der Waals surface area contributed by atoms with Gasteiger partial charge in [0.25, 0.3) is 5.91 Å². The van der Waals surface area contributed by atoms with E-state index >= 15 is 0 Å². The topological polar surface area (TPSA) is 83.1 Å². The first kappa shape index (κ1) is 13.0. The summed E-state index contributed by atoms with van der Waals surface area (Å²) in [4.78, 5) is 26.6. The van der Waals surface area contributed by atoms with E-state index in [1.54, 1.807) is 26.2 Å². The Hall–Kier alpha value is -2.11. The van der Waals surface area contributed by atoms with Crippen molar-refractivity contribution in [3.63, 3.8) is 0 Å². The van der Waals surface area contributed by atoms with E-state index in [1.165, 1.54) is 6.20 Å². The molecule has 2 amide bonds. The van der Waals surface area contributed by atoms with Gasteiger partial charge in [-0.15, -0.1) is 0 Å². The van der Waals surface area contributed by atoms with Gasteiger partial charge in [0.2, 0.25) is 5.91 Å². The lowest BCUT2D eigenvalue weighted by Crippen LogP contribution is -2.29. The molecule has 6 heteroatoms. The van der Waals surface area contributed by atoms with Gasteiger partial charge in [0.05, 0.1) is 5.56 Å². The van der Waals surface area contributed by atoms with E-state index in [0.29, 0.717) is 17.9 Å². The molecule has 3 N–H and O–H groups in total. The number of nitrogens with zero attached hydrogens (tertiary/aromatic N) is 1. The van der Waals surface area contributed by atoms with Gasteiger partial charge in [-0.3, -0.25) is 9.59 Å². The Morgan fingerprint density at radius 2 is 2.06 bits per heavy atom. The maximum atomic E-state index is 11.6. The summed E-state index contributed by atoms with van der Waals surface area (Å²) >= 11 is 0. The van der Waals surface area contributed by atoms with Gasteiger partial charge in [-0.1, -0.05) is 0 Å². The molecule has 0 fully saturated rings. The maximum absolute atomic E-state index is 11.6. The van der Waals surface area contributed by atoms with Crippen LogP contribution in [0.4, 0.5) is 5.82 Å². The van der Waals surface area contributed by atoms with E-state index in [1.807, 2.05) is 0 Å². The van der Waals surface area contributed by atoms with E-state index in [2.05, 4.69) is 20.9 Å². The molecular weight excluding hydrogens is 220 g/mol. The van der Waals surface area contributed by atoms with Gasteiger partial charge >= 0.3 is 0 Å². The van der Waals surface area contributed by atoms with Crippen molar-refractivity contribution in [2.45, 2.75) is 6.42 Å². The average molecular weight is 236 g/mol. The first-order chi connectivity index (χ1) is 8.17. The van der Waals surface area contributed by atoms with Gasteiger partial charge in [0, 0.05) is 33.3 Å². The molecule has 0 saturated heterocycles. The highest BCUT2D eigenvalue weighted by Crippen LogP contribution is 2.03. The molecule has 1 aromatic heterocycles. The normalized spacial score (nSPS) is 9.53. The molecule has 6 nitrogen and oxygen atoms in total. The fourth-order valence-corrected chi connectivity index (χ4v) is 1.19. The van der Waals surface area contributed by atoms with Crippen molar-refractivity contribution >= 4 is 17.6 Å². The molecule has 1 heterocycles. The molecule has 17 heavy (non-hydrogen) atoms. The van der Waals surface area contributed by atoms with Crippen LogP contribution in [-0.4, -0.2) is 37.4 Å². The molecule has 92 valence electrons. The summed E-state index contributed by atoms with van der Waals surface area (Å²) in [6, 6.07) is 3.39. The van der Waals surface area contributed by atoms with Crippen molar-refractivity contribution in [1.29, 1.82) is 0 Å². The van der Waals surface area contributed by atoms with Crippen LogP contribution in [0.3, 0.4) is 0 Å². The Bertz CT molecular complexity index is 389. The van der Waals surface area contributed by atoms with Crippen LogP contribution >= 0.6 is 0 Å². The van der Waals surface area contributed by atoms with Gasteiger partial charge in [-0.25, -0.2) is 4.98 Å². The van der Waals surface area contributed by atoms with Crippen LogP contribution in [0.5, 0.6) is 0 Å². The molecule has 0 spiro atoms. The SMILES string of the molecule is CNC(=O)CCNC(=O)c1ccc(NC)nc1. The third-order valence-electron chi connectivity index (χ3n) is 2.20. The quantitative estimate of drug-likeness (QED) is 0.671. The van der Waals surface area contributed by atoms with Crippen LogP contribution in [0.25, 0.3) is 0 Å². The van der Waals surface area contributed by atoms with Gasteiger partial charge in [0.15, 0.2) is 0 Å². The van der Waals surface area contributed by atoms with Gasteiger partial charge in [-0.2, -0.15) is 0 Å². The number of nitrogens with one attached hydrogen (secondary N) is 3. The molecule has 0 aliphatic rings. The number of carbonyl (C=O) groups is 2. The molecule has 0 aromatic carbocycles. The summed E-state index contributed by atoms with van der Waals surface area (Å²) < 4.78 is 0. The predicted octanol–water partition coefficient (Wildman–Crippen LogP) is -0.0108. The summed E-state index contributed by atoms with van der Waals surface area (Å²) in [5, 5.41) is 7.99. The number of hydrogen-bond acceptors (Lipinski definition) is 4. The Morgan fingerprint density at radius 3 is 2.59 bits per heavy atom. The third kappa shape index (κ3) is 4.10. The number of pyridine rings is 1. The molecule has 1 rings (SSSR count). The van der Waals surface area contributed by atoms with Crippen LogP contribution in [0.15, 0.2) is 18.3 Å².